The number of hydrogen-bond acceptors (Lipinski definition) is 6. The maximum atomic E-state index is 14.0. The van der Waals surface area contributed by atoms with Crippen molar-refractivity contribution in [3.8, 4) is 5.75 Å². The number of benzene rings is 3. The number of hydrogen-bond donors (Lipinski definition) is 4. The molecule has 0 aromatic heterocycles. The Labute approximate surface area is 282 Å². The van der Waals surface area contributed by atoms with Crippen molar-refractivity contribution in [2.45, 2.75) is 76.9 Å². The summed E-state index contributed by atoms with van der Waals surface area (Å²) in [6.45, 7) is 5.64. The number of carbonyl (C=O) groups is 4. The lowest BCUT2D eigenvalue weighted by atomic mass is 9.94. The number of nitrogens with two attached hydrogens (primary N) is 1. The zero-order valence-electron chi connectivity index (χ0n) is 27.9. The van der Waals surface area contributed by atoms with Crippen LogP contribution >= 0.6 is 0 Å². The highest BCUT2D eigenvalue weighted by molar-refractivity contribution is 5.96. The predicted octanol–water partition coefficient (Wildman–Crippen LogP) is 4.01. The first-order chi connectivity index (χ1) is 23.2. The lowest BCUT2D eigenvalue weighted by Crippen LogP contribution is -2.55. The van der Waals surface area contributed by atoms with Crippen LogP contribution in [0.1, 0.15) is 67.2 Å². The highest BCUT2D eigenvalue weighted by Gasteiger charge is 2.33. The van der Waals surface area contributed by atoms with Gasteiger partial charge in [-0.25, -0.2) is 0 Å². The zero-order chi connectivity index (χ0) is 34.0. The minimum Gasteiger partial charge on any atom is -0.494 e. The minimum absolute atomic E-state index is 0.212. The average molecular weight is 654 g/mol. The van der Waals surface area contributed by atoms with Crippen LogP contribution in [0, 0.1) is 12.8 Å². The Morgan fingerprint density at radius 2 is 1.79 bits per heavy atom. The number of rotatable bonds is 6. The van der Waals surface area contributed by atoms with Gasteiger partial charge in [-0.3, -0.25) is 19.2 Å². The van der Waals surface area contributed by atoms with Crippen LogP contribution in [-0.4, -0.2) is 60.3 Å². The van der Waals surface area contributed by atoms with Crippen LogP contribution in [0.25, 0.3) is 0 Å². The summed E-state index contributed by atoms with van der Waals surface area (Å²) in [6, 6.07) is 20.5. The average Bonchev–Trinajstić information content (AvgIpc) is 3.09. The largest absolute Gasteiger partial charge is 0.494 e. The number of fused-ring (bicyclic) bond motifs is 4. The number of anilines is 1. The van der Waals surface area contributed by atoms with E-state index in [0.717, 1.165) is 47.3 Å². The van der Waals surface area contributed by atoms with Gasteiger partial charge in [-0.15, -0.1) is 0 Å². The molecule has 4 amide bonds. The lowest BCUT2D eigenvalue weighted by molar-refractivity contribution is -0.138. The number of nitrogens with zero attached hydrogens (tertiary/aromatic N) is 1. The number of ether oxygens (including phenoxy) is 1. The molecule has 2 heterocycles. The summed E-state index contributed by atoms with van der Waals surface area (Å²) in [5.41, 5.74) is 10.1. The van der Waals surface area contributed by atoms with Crippen molar-refractivity contribution < 1.29 is 23.9 Å². The molecule has 2 aliphatic rings. The summed E-state index contributed by atoms with van der Waals surface area (Å²) in [7, 11) is 0. The van der Waals surface area contributed by atoms with Gasteiger partial charge in [0.05, 0.1) is 18.9 Å². The van der Waals surface area contributed by atoms with Crippen molar-refractivity contribution in [3.05, 3.63) is 95.1 Å². The Kier molecular flexibility index (Phi) is 11.7. The molecule has 10 nitrogen and oxygen atoms in total. The number of amides is 4. The molecule has 10 heteroatoms. The smallest absolute Gasteiger partial charge is 0.243 e. The molecule has 254 valence electrons. The third-order valence-electron chi connectivity index (χ3n) is 9.48. The van der Waals surface area contributed by atoms with Crippen molar-refractivity contribution >= 4 is 29.3 Å². The Hall–Kier alpha value is -4.86. The van der Waals surface area contributed by atoms with E-state index in [1.54, 1.807) is 36.1 Å². The van der Waals surface area contributed by atoms with E-state index in [9.17, 15) is 19.2 Å². The van der Waals surface area contributed by atoms with Crippen LogP contribution in [0.2, 0.25) is 0 Å². The number of aryl methyl sites for hydroxylation is 2. The quantitative estimate of drug-likeness (QED) is 0.296. The molecule has 0 radical (unpaired) electrons. The molecule has 2 unspecified atom stereocenters. The van der Waals surface area contributed by atoms with Gasteiger partial charge in [0.2, 0.25) is 23.6 Å². The van der Waals surface area contributed by atoms with Gasteiger partial charge >= 0.3 is 0 Å². The van der Waals surface area contributed by atoms with Crippen LogP contribution in [0.5, 0.6) is 5.75 Å². The molecule has 4 bridgehead atoms. The molecule has 5 N–H and O–H groups in total. The maximum absolute atomic E-state index is 14.0. The number of nitrogen functional groups attached to an aromatic ring is 1. The van der Waals surface area contributed by atoms with E-state index in [0.29, 0.717) is 38.2 Å². The number of carbonyl (C=O) groups excluding carboxylic acids is 4. The Morgan fingerprint density at radius 1 is 1.02 bits per heavy atom. The molecular formula is C38H47N5O5. The summed E-state index contributed by atoms with van der Waals surface area (Å²) < 4.78 is 6.11. The summed E-state index contributed by atoms with van der Waals surface area (Å²) in [6.07, 6.45) is 3.28. The summed E-state index contributed by atoms with van der Waals surface area (Å²) in [5, 5.41) is 8.75. The predicted molar refractivity (Wildman–Crippen MR) is 185 cm³/mol. The van der Waals surface area contributed by atoms with Crippen LogP contribution in [0.3, 0.4) is 0 Å². The van der Waals surface area contributed by atoms with Gasteiger partial charge in [0.15, 0.2) is 0 Å². The van der Waals surface area contributed by atoms with Gasteiger partial charge in [-0.2, -0.15) is 0 Å². The van der Waals surface area contributed by atoms with Crippen LogP contribution < -0.4 is 26.4 Å². The van der Waals surface area contributed by atoms with Crippen molar-refractivity contribution in [1.29, 1.82) is 0 Å². The maximum Gasteiger partial charge on any atom is 0.243 e. The third kappa shape index (κ3) is 9.36. The molecule has 5 rings (SSSR count). The highest BCUT2D eigenvalue weighted by Crippen LogP contribution is 2.24. The van der Waals surface area contributed by atoms with Gasteiger partial charge in [0.25, 0.3) is 0 Å². The summed E-state index contributed by atoms with van der Waals surface area (Å²) in [4.78, 5) is 56.7. The van der Waals surface area contributed by atoms with Crippen molar-refractivity contribution in [2.24, 2.45) is 5.92 Å². The fourth-order valence-electron chi connectivity index (χ4n) is 6.35. The monoisotopic (exact) mass is 653 g/mol. The van der Waals surface area contributed by atoms with Crippen LogP contribution in [-0.2, 0) is 32.1 Å². The Morgan fingerprint density at radius 3 is 2.56 bits per heavy atom. The first kappa shape index (κ1) is 34.5. The van der Waals surface area contributed by atoms with E-state index >= 15 is 0 Å². The van der Waals surface area contributed by atoms with E-state index < -0.39 is 29.8 Å². The molecule has 0 aliphatic carbocycles. The molecule has 0 saturated carbocycles. The second-order valence-corrected chi connectivity index (χ2v) is 13.0. The van der Waals surface area contributed by atoms with Crippen molar-refractivity contribution in [2.75, 3.05) is 25.4 Å². The summed E-state index contributed by atoms with van der Waals surface area (Å²) >= 11 is 0. The molecule has 48 heavy (non-hydrogen) atoms. The van der Waals surface area contributed by atoms with Crippen LogP contribution in [0.15, 0.2) is 72.8 Å². The molecular weight excluding hydrogens is 606 g/mol. The van der Waals surface area contributed by atoms with Gasteiger partial charge in [-0.1, -0.05) is 48.5 Å². The molecule has 3 aromatic carbocycles. The van der Waals surface area contributed by atoms with E-state index in [1.165, 1.54) is 0 Å². The fourth-order valence-corrected chi connectivity index (χ4v) is 6.35. The molecule has 1 fully saturated rings. The van der Waals surface area contributed by atoms with Gasteiger partial charge in [-0.05, 0) is 98.4 Å². The first-order valence-electron chi connectivity index (χ1n) is 16.9. The van der Waals surface area contributed by atoms with Gasteiger partial charge in [0, 0.05) is 25.3 Å². The van der Waals surface area contributed by atoms with Crippen molar-refractivity contribution in [3.63, 3.8) is 0 Å². The number of nitrogens with one attached hydrogen (secondary N) is 3. The topological polar surface area (TPSA) is 143 Å². The Balaban J connectivity index is 1.41. The molecule has 1 saturated heterocycles. The van der Waals surface area contributed by atoms with E-state index in [1.807, 2.05) is 55.5 Å². The molecule has 0 spiro atoms. The van der Waals surface area contributed by atoms with E-state index in [4.69, 9.17) is 10.5 Å². The molecule has 4 atom stereocenters. The normalized spacial score (nSPS) is 21.5. The molecule has 3 aromatic rings. The summed E-state index contributed by atoms with van der Waals surface area (Å²) in [5.74, 6) is -1.14. The minimum atomic E-state index is -1.17. The third-order valence-corrected chi connectivity index (χ3v) is 9.48. The highest BCUT2D eigenvalue weighted by atomic mass is 16.5. The van der Waals surface area contributed by atoms with Gasteiger partial charge < -0.3 is 31.3 Å². The fraction of sp³-hybridized carbons (Fsp3) is 0.421. The van der Waals surface area contributed by atoms with Crippen LogP contribution in [0.4, 0.5) is 5.69 Å². The Bertz CT molecular complexity index is 1580. The zero-order valence-corrected chi connectivity index (χ0v) is 27.9. The SMILES string of the molecule is Cc1ccc2cc1CNC(=O)[C@H](CCc1ccccc1)NC(=O)[C@@H](NC(=O)C(C)c1ccc(N)cc1)CC(=O)N1CCCC(CCO2)C1. The van der Waals surface area contributed by atoms with E-state index in [-0.39, 0.29) is 30.7 Å². The second-order valence-electron chi connectivity index (χ2n) is 13.0. The first-order valence-corrected chi connectivity index (χ1v) is 16.9. The second kappa shape index (κ2) is 16.3. The van der Waals surface area contributed by atoms with Crippen molar-refractivity contribution in [1.82, 2.24) is 20.9 Å². The molecule has 2 aliphatic heterocycles. The standard InChI is InChI=1S/C38H47N5O5/c1-25-10-16-32-21-30(25)23-40-37(46)33(17-11-27-7-4-3-5-8-27)41-38(47)34(42-36(45)26(2)29-12-14-31(39)15-13-29)22-35(44)43-19-6-9-28(24-43)18-20-48-32/h3-5,7-8,10,12-16,21,26,28,33-34H,6,9,11,17-20,22-24,39H2,1-2H3,(H,40,46)(H,41,47)(H,42,45)/t26?,28?,33-,34-/m0/s1. The van der Waals surface area contributed by atoms with Gasteiger partial charge in [0.1, 0.15) is 17.8 Å². The number of piperidine rings is 1. The van der Waals surface area contributed by atoms with E-state index in [2.05, 4.69) is 16.0 Å². The lowest BCUT2D eigenvalue weighted by Gasteiger charge is -2.34.